The summed E-state index contributed by atoms with van der Waals surface area (Å²) in [4.78, 5) is 27.0. The third-order valence-corrected chi connectivity index (χ3v) is 8.96. The minimum atomic E-state index is -1.35. The average molecular weight is 662 g/mol. The van der Waals surface area contributed by atoms with E-state index in [1.165, 1.54) is 6.07 Å². The molecule has 1 fully saturated rings. The minimum absolute atomic E-state index is 0.0328. The van der Waals surface area contributed by atoms with E-state index in [2.05, 4.69) is 10.0 Å². The summed E-state index contributed by atoms with van der Waals surface area (Å²) in [7, 11) is -1.35. The zero-order valence-electron chi connectivity index (χ0n) is 22.3. The first-order valence-electron chi connectivity index (χ1n) is 12.6. The number of nitrogens with zero attached hydrogens (tertiary/aromatic N) is 1. The van der Waals surface area contributed by atoms with Gasteiger partial charge in [-0.3, -0.25) is 4.79 Å². The molecule has 1 aliphatic carbocycles. The fourth-order valence-electron chi connectivity index (χ4n) is 4.55. The molecule has 0 radical (unpaired) electrons. The van der Waals surface area contributed by atoms with Crippen molar-refractivity contribution in [1.82, 2.24) is 4.57 Å². The van der Waals surface area contributed by atoms with Crippen molar-refractivity contribution < 1.29 is 13.0 Å². The third-order valence-electron chi connectivity index (χ3n) is 6.76. The molecular formula is C29H29FIN3O4S. The number of benzene rings is 2. The normalized spacial score (nSPS) is 14.4. The van der Waals surface area contributed by atoms with Gasteiger partial charge in [0.25, 0.3) is 5.56 Å². The first-order valence-corrected chi connectivity index (χ1v) is 14.8. The summed E-state index contributed by atoms with van der Waals surface area (Å²) in [6.45, 7) is 9.04. The van der Waals surface area contributed by atoms with Crippen molar-refractivity contribution >= 4 is 61.6 Å². The Balaban J connectivity index is 1.79. The zero-order valence-corrected chi connectivity index (χ0v) is 25.3. The quantitative estimate of drug-likeness (QED) is 0.219. The van der Waals surface area contributed by atoms with E-state index in [1.807, 2.05) is 74.6 Å². The Morgan fingerprint density at radius 2 is 1.82 bits per heavy atom. The van der Waals surface area contributed by atoms with Crippen LogP contribution in [0, 0.1) is 23.2 Å². The standard InChI is InChI=1S/C29H29FIN3O4S/c1-15-25(32-22-12-9-18(31)14-21(22)30)24-26(38-28(15)36)23(16(2)34(27(24)35)20-10-11-20)17-7-6-8-19(13-17)33-39(37)29(3,4)5/h6-9,12-14,20,32-33H,10-11H2,1-5H3. The number of nitrogens with one attached hydrogen (secondary N) is 2. The van der Waals surface area contributed by atoms with Crippen molar-refractivity contribution in [1.29, 1.82) is 0 Å². The summed E-state index contributed by atoms with van der Waals surface area (Å²) in [5.41, 5.74) is 2.37. The van der Waals surface area contributed by atoms with Gasteiger partial charge >= 0.3 is 5.63 Å². The van der Waals surface area contributed by atoms with Crippen LogP contribution in [0.5, 0.6) is 0 Å². The molecule has 0 spiro atoms. The summed E-state index contributed by atoms with van der Waals surface area (Å²) >= 11 is 2.02. The van der Waals surface area contributed by atoms with Gasteiger partial charge in [0.15, 0.2) is 5.58 Å². The lowest BCUT2D eigenvalue weighted by atomic mass is 9.99. The maximum atomic E-state index is 14.8. The number of pyridine rings is 1. The summed E-state index contributed by atoms with van der Waals surface area (Å²) in [5, 5.41) is 3.22. The van der Waals surface area contributed by atoms with Crippen LogP contribution in [0.25, 0.3) is 22.1 Å². The molecule has 0 amide bonds. The molecule has 1 saturated carbocycles. The van der Waals surface area contributed by atoms with Crippen molar-refractivity contribution in [2.24, 2.45) is 0 Å². The van der Waals surface area contributed by atoms with Crippen LogP contribution in [-0.4, -0.2) is 13.5 Å². The number of fused-ring (bicyclic) bond motifs is 1. The van der Waals surface area contributed by atoms with E-state index >= 15 is 0 Å². The molecule has 2 heterocycles. The predicted octanol–water partition coefficient (Wildman–Crippen LogP) is 6.93. The van der Waals surface area contributed by atoms with Gasteiger partial charge in [0.1, 0.15) is 22.2 Å². The highest BCUT2D eigenvalue weighted by Gasteiger charge is 2.31. The number of halogens is 2. The van der Waals surface area contributed by atoms with Crippen LogP contribution >= 0.6 is 22.6 Å². The molecular weight excluding hydrogens is 632 g/mol. The van der Waals surface area contributed by atoms with Crippen LogP contribution in [0.2, 0.25) is 0 Å². The van der Waals surface area contributed by atoms with Crippen LogP contribution in [0.15, 0.2) is 56.5 Å². The molecule has 7 nitrogen and oxygen atoms in total. The largest absolute Gasteiger partial charge is 0.421 e. The molecule has 2 aromatic heterocycles. The van der Waals surface area contributed by atoms with Gasteiger partial charge in [0.2, 0.25) is 0 Å². The fourth-order valence-corrected chi connectivity index (χ4v) is 5.65. The molecule has 0 aliphatic heterocycles. The van der Waals surface area contributed by atoms with Gasteiger partial charge in [-0.15, -0.1) is 0 Å². The maximum Gasteiger partial charge on any atom is 0.341 e. The number of aromatic nitrogens is 1. The lowest BCUT2D eigenvalue weighted by Crippen LogP contribution is -2.27. The fraction of sp³-hybridized carbons (Fsp3) is 0.310. The molecule has 10 heteroatoms. The number of rotatable bonds is 6. The first-order chi connectivity index (χ1) is 18.4. The SMILES string of the molecule is Cc1c(Nc2ccc(I)cc2F)c2c(=O)n(C3CC3)c(C)c(-c3cccc(NS(=O)C(C)(C)C)c3)c2oc1=O. The van der Waals surface area contributed by atoms with E-state index in [-0.39, 0.29) is 39.5 Å². The highest BCUT2D eigenvalue weighted by molar-refractivity contribution is 14.1. The van der Waals surface area contributed by atoms with Gasteiger partial charge in [-0.2, -0.15) is 0 Å². The lowest BCUT2D eigenvalue weighted by Gasteiger charge is -2.21. The Bertz CT molecular complexity index is 1770. The summed E-state index contributed by atoms with van der Waals surface area (Å²) in [6.07, 6.45) is 1.73. The summed E-state index contributed by atoms with van der Waals surface area (Å²) in [6, 6.07) is 12.1. The van der Waals surface area contributed by atoms with Gasteiger partial charge in [0, 0.05) is 26.6 Å². The summed E-state index contributed by atoms with van der Waals surface area (Å²) < 4.78 is 38.5. The van der Waals surface area contributed by atoms with Crippen molar-refractivity contribution in [3.8, 4) is 11.1 Å². The molecule has 1 atom stereocenters. The highest BCUT2D eigenvalue weighted by Crippen LogP contribution is 2.41. The van der Waals surface area contributed by atoms with Crippen LogP contribution in [-0.2, 0) is 11.0 Å². The molecule has 0 saturated heterocycles. The van der Waals surface area contributed by atoms with Crippen LogP contribution in [0.4, 0.5) is 21.5 Å². The number of hydrogen-bond donors (Lipinski definition) is 2. The second kappa shape index (κ2) is 10.2. The van der Waals surface area contributed by atoms with Crippen LogP contribution in [0.1, 0.15) is 50.9 Å². The monoisotopic (exact) mass is 661 g/mol. The minimum Gasteiger partial charge on any atom is -0.421 e. The molecule has 39 heavy (non-hydrogen) atoms. The molecule has 5 rings (SSSR count). The Morgan fingerprint density at radius 1 is 1.10 bits per heavy atom. The average Bonchev–Trinajstić information content (AvgIpc) is 3.68. The second-order valence-corrected chi connectivity index (χ2v) is 14.0. The topological polar surface area (TPSA) is 93.3 Å². The van der Waals surface area contributed by atoms with E-state index in [4.69, 9.17) is 4.42 Å². The molecule has 4 aromatic rings. The van der Waals surface area contributed by atoms with Crippen molar-refractivity contribution in [3.05, 3.63) is 83.9 Å². The van der Waals surface area contributed by atoms with E-state index in [0.717, 1.165) is 16.4 Å². The van der Waals surface area contributed by atoms with E-state index in [0.29, 0.717) is 22.5 Å². The smallest absolute Gasteiger partial charge is 0.341 e. The lowest BCUT2D eigenvalue weighted by molar-refractivity contribution is 0.553. The van der Waals surface area contributed by atoms with Gasteiger partial charge < -0.3 is 19.0 Å². The third kappa shape index (κ3) is 5.28. The van der Waals surface area contributed by atoms with Crippen molar-refractivity contribution in [2.45, 2.75) is 58.2 Å². The molecule has 204 valence electrons. The molecule has 1 unspecified atom stereocenters. The van der Waals surface area contributed by atoms with Crippen LogP contribution in [0.3, 0.4) is 0 Å². The van der Waals surface area contributed by atoms with E-state index < -0.39 is 27.2 Å². The Hall–Kier alpha value is -2.99. The molecule has 1 aliphatic rings. The van der Waals surface area contributed by atoms with Gasteiger partial charge in [-0.1, -0.05) is 12.1 Å². The maximum absolute atomic E-state index is 14.8. The molecule has 2 aromatic carbocycles. The predicted molar refractivity (Wildman–Crippen MR) is 164 cm³/mol. The Morgan fingerprint density at radius 3 is 2.46 bits per heavy atom. The van der Waals surface area contributed by atoms with Gasteiger partial charge in [-0.05, 0) is 106 Å². The van der Waals surface area contributed by atoms with Crippen molar-refractivity contribution in [3.63, 3.8) is 0 Å². The van der Waals surface area contributed by atoms with E-state index in [1.54, 1.807) is 23.6 Å². The number of hydrogen-bond acceptors (Lipinski definition) is 5. The van der Waals surface area contributed by atoms with Gasteiger partial charge in [-0.25, -0.2) is 13.4 Å². The van der Waals surface area contributed by atoms with Crippen molar-refractivity contribution in [2.75, 3.05) is 10.0 Å². The second-order valence-electron chi connectivity index (χ2n) is 10.8. The Labute approximate surface area is 241 Å². The first kappa shape index (κ1) is 27.6. The zero-order chi connectivity index (χ0) is 28.2. The summed E-state index contributed by atoms with van der Waals surface area (Å²) in [5.74, 6) is -0.497. The van der Waals surface area contributed by atoms with Gasteiger partial charge in [0.05, 0.1) is 21.7 Å². The highest BCUT2D eigenvalue weighted by atomic mass is 127. The van der Waals surface area contributed by atoms with Crippen LogP contribution < -0.4 is 21.2 Å². The van der Waals surface area contributed by atoms with E-state index in [9.17, 15) is 18.2 Å². The molecule has 2 N–H and O–H groups in total. The number of anilines is 3. The Kier molecular flexibility index (Phi) is 7.21. The molecule has 0 bridgehead atoms.